The van der Waals surface area contributed by atoms with Gasteiger partial charge in [0.2, 0.25) is 0 Å². The lowest BCUT2D eigenvalue weighted by Crippen LogP contribution is -2.03. The standard InChI is InChI=1S/C14H26O4/c1(3-5-7-15-9-13-11-17-13)2-4-6-8-16-10-14-12-18-14/h13-14H,1-12H2. The van der Waals surface area contributed by atoms with Crippen LogP contribution >= 0.6 is 0 Å². The third kappa shape index (κ3) is 8.03. The maximum atomic E-state index is 5.49. The first-order chi connectivity index (χ1) is 8.95. The number of epoxide rings is 2. The summed E-state index contributed by atoms with van der Waals surface area (Å²) < 4.78 is 21.1. The van der Waals surface area contributed by atoms with Crippen molar-refractivity contribution in [2.24, 2.45) is 0 Å². The molecular weight excluding hydrogens is 232 g/mol. The summed E-state index contributed by atoms with van der Waals surface area (Å²) in [6.45, 7) is 5.17. The van der Waals surface area contributed by atoms with E-state index in [0.717, 1.165) is 39.6 Å². The molecule has 0 aliphatic carbocycles. The SMILES string of the molecule is C(CCCCOCC1CO1)CCCOCC1CO1. The fourth-order valence-corrected chi connectivity index (χ4v) is 1.87. The van der Waals surface area contributed by atoms with E-state index < -0.39 is 0 Å². The molecule has 2 heterocycles. The summed E-state index contributed by atoms with van der Waals surface area (Å²) in [4.78, 5) is 0. The summed E-state index contributed by atoms with van der Waals surface area (Å²) in [6.07, 6.45) is 8.37. The number of unbranched alkanes of at least 4 members (excludes halogenated alkanes) is 5. The molecule has 2 saturated heterocycles. The Balaban J connectivity index is 1.19. The molecule has 0 bridgehead atoms. The van der Waals surface area contributed by atoms with Gasteiger partial charge in [0.15, 0.2) is 0 Å². The van der Waals surface area contributed by atoms with E-state index in [2.05, 4.69) is 0 Å². The lowest BCUT2D eigenvalue weighted by atomic mass is 10.1. The monoisotopic (exact) mass is 258 g/mol. The third-order valence-electron chi connectivity index (χ3n) is 3.24. The summed E-state index contributed by atoms with van der Waals surface area (Å²) in [7, 11) is 0. The molecule has 0 radical (unpaired) electrons. The maximum Gasteiger partial charge on any atom is 0.104 e. The highest BCUT2D eigenvalue weighted by Crippen LogP contribution is 2.11. The second kappa shape index (κ2) is 8.86. The molecule has 4 heteroatoms. The highest BCUT2D eigenvalue weighted by atomic mass is 16.6. The lowest BCUT2D eigenvalue weighted by molar-refractivity contribution is 0.110. The Morgan fingerprint density at radius 3 is 1.44 bits per heavy atom. The van der Waals surface area contributed by atoms with E-state index in [-0.39, 0.29) is 0 Å². The highest BCUT2D eigenvalue weighted by Gasteiger charge is 2.22. The molecule has 2 aliphatic rings. The number of hydrogen-bond acceptors (Lipinski definition) is 4. The maximum absolute atomic E-state index is 5.49. The minimum absolute atomic E-state index is 0.408. The van der Waals surface area contributed by atoms with Crippen molar-refractivity contribution < 1.29 is 18.9 Å². The van der Waals surface area contributed by atoms with Gasteiger partial charge in [-0.1, -0.05) is 25.7 Å². The molecule has 2 aliphatic heterocycles. The van der Waals surface area contributed by atoms with Crippen LogP contribution in [0.1, 0.15) is 38.5 Å². The van der Waals surface area contributed by atoms with Crippen molar-refractivity contribution in [3.8, 4) is 0 Å². The molecule has 0 aromatic rings. The zero-order valence-electron chi connectivity index (χ0n) is 11.3. The van der Waals surface area contributed by atoms with Gasteiger partial charge < -0.3 is 18.9 Å². The Kier molecular flexibility index (Phi) is 7.01. The van der Waals surface area contributed by atoms with Gasteiger partial charge in [-0.2, -0.15) is 0 Å². The van der Waals surface area contributed by atoms with Gasteiger partial charge in [-0.25, -0.2) is 0 Å². The lowest BCUT2D eigenvalue weighted by Gasteiger charge is -2.03. The molecule has 0 aromatic carbocycles. The molecule has 2 atom stereocenters. The van der Waals surface area contributed by atoms with Crippen LogP contribution < -0.4 is 0 Å². The van der Waals surface area contributed by atoms with Crippen LogP contribution in [0.5, 0.6) is 0 Å². The summed E-state index contributed by atoms with van der Waals surface area (Å²) in [6, 6.07) is 0. The van der Waals surface area contributed by atoms with Crippen LogP contribution in [0.2, 0.25) is 0 Å². The summed E-state index contributed by atoms with van der Waals surface area (Å²) in [5.74, 6) is 0. The van der Waals surface area contributed by atoms with Gasteiger partial charge in [-0.3, -0.25) is 0 Å². The summed E-state index contributed by atoms with van der Waals surface area (Å²) in [5.41, 5.74) is 0. The average Bonchev–Trinajstić information content (AvgIpc) is 3.25. The Bertz CT molecular complexity index is 180. The number of ether oxygens (including phenoxy) is 4. The molecule has 0 spiro atoms. The predicted octanol–water partition coefficient (Wildman–Crippen LogP) is 2.16. The smallest absolute Gasteiger partial charge is 0.104 e. The van der Waals surface area contributed by atoms with Gasteiger partial charge in [0.1, 0.15) is 12.2 Å². The molecule has 106 valence electrons. The Labute approximate surface area is 110 Å². The zero-order valence-corrected chi connectivity index (χ0v) is 11.3. The molecule has 0 saturated carbocycles. The number of rotatable bonds is 13. The largest absolute Gasteiger partial charge is 0.379 e. The second-order valence-electron chi connectivity index (χ2n) is 5.18. The van der Waals surface area contributed by atoms with Gasteiger partial charge in [-0.15, -0.1) is 0 Å². The Morgan fingerprint density at radius 1 is 0.667 bits per heavy atom. The summed E-state index contributed by atoms with van der Waals surface area (Å²) >= 11 is 0. The molecule has 2 rings (SSSR count). The minimum Gasteiger partial charge on any atom is -0.379 e. The van der Waals surface area contributed by atoms with Crippen LogP contribution in [0, 0.1) is 0 Å². The van der Waals surface area contributed by atoms with Crippen LogP contribution in [0.3, 0.4) is 0 Å². The molecule has 0 N–H and O–H groups in total. The first kappa shape index (κ1) is 14.3. The first-order valence-corrected chi connectivity index (χ1v) is 7.34. The molecule has 2 unspecified atom stereocenters. The molecule has 0 aromatic heterocycles. The van der Waals surface area contributed by atoms with E-state index in [1.807, 2.05) is 0 Å². The summed E-state index contributed by atoms with van der Waals surface area (Å²) in [5, 5.41) is 0. The van der Waals surface area contributed by atoms with E-state index >= 15 is 0 Å². The van der Waals surface area contributed by atoms with Crippen molar-refractivity contribution in [2.45, 2.75) is 50.7 Å². The van der Waals surface area contributed by atoms with Crippen molar-refractivity contribution >= 4 is 0 Å². The van der Waals surface area contributed by atoms with Crippen molar-refractivity contribution in [2.75, 3.05) is 39.6 Å². The fraction of sp³-hybridized carbons (Fsp3) is 1.00. The van der Waals surface area contributed by atoms with E-state index in [9.17, 15) is 0 Å². The van der Waals surface area contributed by atoms with Crippen LogP contribution in [-0.2, 0) is 18.9 Å². The van der Waals surface area contributed by atoms with E-state index in [1.165, 1.54) is 38.5 Å². The van der Waals surface area contributed by atoms with Crippen LogP contribution in [0.25, 0.3) is 0 Å². The third-order valence-corrected chi connectivity index (χ3v) is 3.24. The van der Waals surface area contributed by atoms with Gasteiger partial charge in [0.05, 0.1) is 26.4 Å². The van der Waals surface area contributed by atoms with Crippen molar-refractivity contribution in [1.82, 2.24) is 0 Å². The van der Waals surface area contributed by atoms with Crippen molar-refractivity contribution in [3.05, 3.63) is 0 Å². The van der Waals surface area contributed by atoms with Crippen molar-refractivity contribution in [3.63, 3.8) is 0 Å². The van der Waals surface area contributed by atoms with Crippen LogP contribution in [0.4, 0.5) is 0 Å². The van der Waals surface area contributed by atoms with Gasteiger partial charge in [0, 0.05) is 13.2 Å². The van der Waals surface area contributed by atoms with E-state index in [4.69, 9.17) is 18.9 Å². The second-order valence-corrected chi connectivity index (χ2v) is 5.18. The van der Waals surface area contributed by atoms with Crippen molar-refractivity contribution in [1.29, 1.82) is 0 Å². The topological polar surface area (TPSA) is 43.5 Å². The average molecular weight is 258 g/mol. The molecule has 4 nitrogen and oxygen atoms in total. The van der Waals surface area contributed by atoms with Gasteiger partial charge in [-0.05, 0) is 12.8 Å². The van der Waals surface area contributed by atoms with E-state index in [1.54, 1.807) is 0 Å². The molecule has 0 amide bonds. The molecular formula is C14H26O4. The fourth-order valence-electron chi connectivity index (χ4n) is 1.87. The zero-order chi connectivity index (χ0) is 12.5. The highest BCUT2D eigenvalue weighted by molar-refractivity contribution is 4.67. The van der Waals surface area contributed by atoms with Crippen LogP contribution in [0.15, 0.2) is 0 Å². The van der Waals surface area contributed by atoms with Gasteiger partial charge >= 0.3 is 0 Å². The normalized spacial score (nSPS) is 25.3. The minimum atomic E-state index is 0.408. The number of hydrogen-bond donors (Lipinski definition) is 0. The van der Waals surface area contributed by atoms with Gasteiger partial charge in [0.25, 0.3) is 0 Å². The quantitative estimate of drug-likeness (QED) is 0.375. The molecule has 2 fully saturated rings. The molecule has 18 heavy (non-hydrogen) atoms. The Morgan fingerprint density at radius 2 is 1.06 bits per heavy atom. The Hall–Kier alpha value is -0.160. The first-order valence-electron chi connectivity index (χ1n) is 7.34. The van der Waals surface area contributed by atoms with E-state index in [0.29, 0.717) is 12.2 Å². The van der Waals surface area contributed by atoms with Crippen LogP contribution in [-0.4, -0.2) is 51.8 Å². The predicted molar refractivity (Wildman–Crippen MR) is 68.8 cm³/mol.